The van der Waals surface area contributed by atoms with Crippen LogP contribution in [0.15, 0.2) is 255 Å². The second kappa shape index (κ2) is 22.6. The Kier molecular flexibility index (Phi) is 14.9. The first-order valence-electron chi connectivity index (χ1n) is 29.8. The van der Waals surface area contributed by atoms with Crippen molar-refractivity contribution in [2.45, 2.75) is 38.7 Å². The van der Waals surface area contributed by atoms with Crippen molar-refractivity contribution in [2.24, 2.45) is 23.7 Å². The van der Waals surface area contributed by atoms with E-state index in [4.69, 9.17) is 54.1 Å². The summed E-state index contributed by atoms with van der Waals surface area (Å²) in [5.41, 5.74) is 1.45. The van der Waals surface area contributed by atoms with Gasteiger partial charge < -0.3 is 59.0 Å². The number of amides is 1. The number of hydrogen-bond donors (Lipinski definition) is 0. The molecule has 1 amide bonds. The van der Waals surface area contributed by atoms with Gasteiger partial charge in [0.2, 0.25) is 5.91 Å². The highest BCUT2D eigenvalue weighted by molar-refractivity contribution is 7.13. The second-order valence-corrected chi connectivity index (χ2v) is 46.6. The van der Waals surface area contributed by atoms with Crippen LogP contribution in [-0.2, 0) is 68.5 Å². The van der Waals surface area contributed by atoms with E-state index in [1.54, 1.807) is 11.8 Å². The Balaban J connectivity index is 0.969. The summed E-state index contributed by atoms with van der Waals surface area (Å²) in [6.45, 7) is 8.39. The Bertz CT molecular complexity index is 3670. The first kappa shape index (κ1) is 58.7. The Labute approximate surface area is 524 Å². The molecule has 17 nitrogen and oxygen atoms in total. The van der Waals surface area contributed by atoms with Crippen molar-refractivity contribution in [2.75, 3.05) is 6.54 Å². The van der Waals surface area contributed by atoms with Gasteiger partial charge in [0.25, 0.3) is 0 Å². The molecule has 0 aliphatic carbocycles. The summed E-state index contributed by atoms with van der Waals surface area (Å²) < 4.78 is 104. The van der Waals surface area contributed by atoms with Crippen LogP contribution in [-0.4, -0.2) is 99.7 Å². The normalized spacial score (nSPS) is 34.1. The minimum Gasteiger partial charge on any atom is -0.393 e. The number of ether oxygens (including phenoxy) is 1. The molecule has 0 radical (unpaired) electrons. The lowest BCUT2D eigenvalue weighted by Gasteiger charge is -2.62. The number of rotatable bonds is 15. The molecule has 8 heterocycles. The first-order chi connectivity index (χ1) is 43.2. The van der Waals surface area contributed by atoms with Gasteiger partial charge in [-0.1, -0.05) is 263 Å². The number of cyclic esters (lactones) is 2. The first-order valence-corrected chi connectivity index (χ1v) is 43.8. The summed E-state index contributed by atoms with van der Waals surface area (Å²) in [5.74, 6) is -4.26. The fourth-order valence-corrected chi connectivity index (χ4v) is 59.8. The van der Waals surface area contributed by atoms with Crippen LogP contribution in [0, 0.1) is 23.7 Å². The molecule has 8 aliphatic heterocycles. The van der Waals surface area contributed by atoms with Crippen LogP contribution >= 0.6 is 0 Å². The zero-order chi connectivity index (χ0) is 60.7. The van der Waals surface area contributed by atoms with Crippen LogP contribution in [0.5, 0.6) is 0 Å². The Morgan fingerprint density at radius 3 is 0.944 bits per heavy atom. The largest absolute Gasteiger partial charge is 0.515 e. The van der Waals surface area contributed by atoms with Crippen LogP contribution in [0.3, 0.4) is 0 Å². The van der Waals surface area contributed by atoms with Gasteiger partial charge in [-0.2, -0.15) is 0 Å². The van der Waals surface area contributed by atoms with Crippen molar-refractivity contribution < 1.29 is 68.5 Å². The van der Waals surface area contributed by atoms with E-state index in [0.717, 1.165) is 5.56 Å². The molecule has 8 bridgehead atoms. The second-order valence-electron chi connectivity index (χ2n) is 23.2. The molecule has 8 aromatic carbocycles. The molecule has 8 saturated heterocycles. The lowest BCUT2D eigenvalue weighted by atomic mass is 9.73. The number of esters is 2. The van der Waals surface area contributed by atoms with E-state index in [2.05, 4.69) is 6.58 Å². The zero-order valence-electron chi connectivity index (χ0n) is 48.5. The van der Waals surface area contributed by atoms with E-state index in [9.17, 15) is 9.59 Å². The molecule has 5 unspecified atom stereocenters. The Morgan fingerprint density at radius 2 is 0.663 bits per heavy atom. The molecule has 0 aromatic heterocycles. The van der Waals surface area contributed by atoms with Crippen LogP contribution in [0.2, 0.25) is 6.04 Å². The standard InChI is InChI=1S/C64H61NO16Si8/c1-48-50(3)65(62(66)61(48)60(51-29-12-4-13-30-51)47-59-49(2)63(67)69-64(59)68)45-28-46-82-70-83(52-31-14-5-15-32-52)73-86(55-37-20-8-21-38-55)75-84(71-82,53-33-16-6-17-34-53)77-88(57-41-24-10-25-42-57)78-85(72-82,54-35-18-7-19-36-54)76-87(74-83,56-39-22-9-23-40-56)80-89(79-86,81-88)58-43-26-11-27-44-58/h4-27,29-44,48-49,59-61H,3,28,45-47H2,1-2H3. The van der Waals surface area contributed by atoms with Crippen molar-refractivity contribution in [1.29, 1.82) is 0 Å². The molecule has 25 heteroatoms. The third-order valence-corrected chi connectivity index (χ3v) is 52.2. The smallest absolute Gasteiger partial charge is 0.393 e. The topological polar surface area (TPSA) is 174 Å². The minimum absolute atomic E-state index is 0.0272. The number of allylic oxidation sites excluding steroid dienone is 1. The third-order valence-electron chi connectivity index (χ3n) is 17.7. The lowest BCUT2D eigenvalue weighted by molar-refractivity contribution is -0.154. The summed E-state index contributed by atoms with van der Waals surface area (Å²) in [4.78, 5) is 43.4. The number of likely N-dealkylation sites (tertiary alicyclic amines) is 1. The number of carbonyl (C=O) groups is 3. The van der Waals surface area contributed by atoms with E-state index in [-0.39, 0.29) is 37.3 Å². The average molecular weight is 1320 g/mol. The van der Waals surface area contributed by atoms with E-state index in [1.165, 1.54) is 0 Å². The van der Waals surface area contributed by atoms with Gasteiger partial charge in [0.1, 0.15) is 0 Å². The fraction of sp³-hybridized carbons (Fsp3) is 0.172. The van der Waals surface area contributed by atoms with Crippen molar-refractivity contribution in [3.63, 3.8) is 0 Å². The van der Waals surface area contributed by atoms with Crippen molar-refractivity contribution in [3.05, 3.63) is 260 Å². The van der Waals surface area contributed by atoms with Crippen molar-refractivity contribution >= 4 is 125 Å². The van der Waals surface area contributed by atoms with E-state index >= 15 is 4.79 Å². The molecule has 8 fully saturated rings. The quantitative estimate of drug-likeness (QED) is 0.0702. The molecule has 0 N–H and O–H groups in total. The van der Waals surface area contributed by atoms with Gasteiger partial charge >= 0.3 is 82.4 Å². The number of carbonyl (C=O) groups excluding carboxylic acids is 3. The van der Waals surface area contributed by atoms with Gasteiger partial charge in [0.05, 0.1) is 17.8 Å². The molecule has 8 aliphatic rings. The van der Waals surface area contributed by atoms with Crippen LogP contribution in [0.1, 0.15) is 38.2 Å². The molecule has 0 saturated carbocycles. The summed E-state index contributed by atoms with van der Waals surface area (Å²) in [5, 5.41) is 3.55. The summed E-state index contributed by atoms with van der Waals surface area (Å²) in [6.07, 6.45) is 0.400. The maximum absolute atomic E-state index is 15.6. The van der Waals surface area contributed by atoms with Crippen LogP contribution < -0.4 is 36.3 Å². The predicted molar refractivity (Wildman–Crippen MR) is 342 cm³/mol. The third kappa shape index (κ3) is 10.0. The fourth-order valence-electron chi connectivity index (χ4n) is 13.2. The van der Waals surface area contributed by atoms with Gasteiger partial charge in [-0.3, -0.25) is 14.4 Å². The minimum atomic E-state index is -4.93. The number of benzene rings is 8. The summed E-state index contributed by atoms with van der Waals surface area (Å²) in [7, 11) is -39.2. The summed E-state index contributed by atoms with van der Waals surface area (Å²) in [6, 6.07) is 76.0. The zero-order valence-corrected chi connectivity index (χ0v) is 56.5. The Morgan fingerprint density at radius 1 is 0.382 bits per heavy atom. The van der Waals surface area contributed by atoms with Gasteiger partial charge in [-0.25, -0.2) is 0 Å². The van der Waals surface area contributed by atoms with E-state index < -0.39 is 106 Å². The van der Waals surface area contributed by atoms with Crippen molar-refractivity contribution in [3.8, 4) is 0 Å². The molecule has 5 atom stereocenters. The van der Waals surface area contributed by atoms with E-state index in [0.29, 0.717) is 42.0 Å². The lowest BCUT2D eigenvalue weighted by Crippen LogP contribution is -2.95. The molecule has 450 valence electrons. The number of nitrogens with zero attached hydrogens (tertiary/aromatic N) is 1. The monoisotopic (exact) mass is 1320 g/mol. The maximum atomic E-state index is 15.6. The van der Waals surface area contributed by atoms with Crippen LogP contribution in [0.25, 0.3) is 0 Å². The maximum Gasteiger partial charge on any atom is 0.515 e. The highest BCUT2D eigenvalue weighted by Gasteiger charge is 2.86. The average Bonchev–Trinajstić information content (AvgIpc) is 1.09. The van der Waals surface area contributed by atoms with Crippen molar-refractivity contribution in [1.82, 2.24) is 4.90 Å². The van der Waals surface area contributed by atoms with Gasteiger partial charge in [0, 0.05) is 60.5 Å². The van der Waals surface area contributed by atoms with Crippen LogP contribution in [0.4, 0.5) is 0 Å². The molecular formula is C64H61NO16Si8. The SMILES string of the molecule is C=C1C(C)C(C(CC2C(=O)OC(=O)C2C)c2ccccc2)C(=O)N1CCC[Si]12O[Si]3(c4ccccc4)O[Si]4(c5ccccc5)O[Si](c5ccccc5)(O1)O[Si]1(c5ccccc5)O[Si](c5ccccc5)(O2)O[Si](c2ccccc2)(O3)O[Si](c2ccccc2)(O4)O1. The van der Waals surface area contributed by atoms with E-state index in [1.807, 2.05) is 250 Å². The highest BCUT2D eigenvalue weighted by atomic mass is 28.6. The highest BCUT2D eigenvalue weighted by Crippen LogP contribution is 2.51. The predicted octanol–water partition coefficient (Wildman–Crippen LogP) is 5.62. The summed E-state index contributed by atoms with van der Waals surface area (Å²) >= 11 is 0. The molecule has 0 spiro atoms. The van der Waals surface area contributed by atoms with Gasteiger partial charge in [-0.15, -0.1) is 0 Å². The molecule has 16 rings (SSSR count). The molecular weight excluding hydrogens is 1260 g/mol. The van der Waals surface area contributed by atoms with Gasteiger partial charge in [-0.05, 0) is 24.3 Å². The number of hydrogen-bond acceptors (Lipinski definition) is 16. The molecule has 89 heavy (non-hydrogen) atoms. The molecule has 8 aromatic rings. The Hall–Kier alpha value is -6.63. The van der Waals surface area contributed by atoms with Gasteiger partial charge in [0.15, 0.2) is 0 Å².